The van der Waals surface area contributed by atoms with Crippen LogP contribution in [0.4, 0.5) is 5.69 Å². The molecule has 0 unspecified atom stereocenters. The van der Waals surface area contributed by atoms with Crippen molar-refractivity contribution in [2.24, 2.45) is 4.99 Å². The lowest BCUT2D eigenvalue weighted by atomic mass is 9.99. The van der Waals surface area contributed by atoms with Crippen molar-refractivity contribution < 1.29 is 38.2 Å². The Balaban J connectivity index is 0.799. The molecule has 7 rings (SSSR count). The van der Waals surface area contributed by atoms with E-state index in [4.69, 9.17) is 30.8 Å². The number of aromatic nitrogens is 3. The average Bonchev–Trinajstić information content (AvgIpc) is 3.74. The average molecular weight is 844 g/mol. The van der Waals surface area contributed by atoms with Gasteiger partial charge in [0.05, 0.1) is 75.4 Å². The van der Waals surface area contributed by atoms with Gasteiger partial charge in [-0.1, -0.05) is 29.8 Å². The van der Waals surface area contributed by atoms with Gasteiger partial charge in [-0.2, -0.15) is 0 Å². The molecule has 3 aliphatic rings. The fourth-order valence-corrected chi connectivity index (χ4v) is 8.84. The molecule has 4 aromatic rings. The van der Waals surface area contributed by atoms with E-state index in [0.29, 0.717) is 75.7 Å². The maximum Gasteiger partial charge on any atom is 0.264 e. The molecule has 0 radical (unpaired) electrons. The Labute approximate surface area is 350 Å². The van der Waals surface area contributed by atoms with Crippen molar-refractivity contribution in [2.75, 3.05) is 58.0 Å². The normalized spacial score (nSPS) is 17.6. The number of ether oxygens (including phenoxy) is 3. The molecule has 4 heterocycles. The molecule has 0 spiro atoms. The summed E-state index contributed by atoms with van der Waals surface area (Å²) in [6.07, 6.45) is 0.838. The third kappa shape index (κ3) is 9.21. The van der Waals surface area contributed by atoms with Crippen LogP contribution in [-0.4, -0.2) is 113 Å². The van der Waals surface area contributed by atoms with E-state index in [-0.39, 0.29) is 48.5 Å². The molecule has 310 valence electrons. The minimum absolute atomic E-state index is 0.0808. The van der Waals surface area contributed by atoms with Crippen LogP contribution in [0, 0.1) is 20.8 Å². The van der Waals surface area contributed by atoms with Gasteiger partial charge in [0.2, 0.25) is 5.91 Å². The number of benzene rings is 2. The molecule has 0 bridgehead atoms. The van der Waals surface area contributed by atoms with E-state index in [2.05, 4.69) is 34.7 Å². The molecule has 2 aromatic carbocycles. The van der Waals surface area contributed by atoms with Gasteiger partial charge in [0, 0.05) is 46.2 Å². The number of amides is 3. The Bertz CT molecular complexity index is 2290. The summed E-state index contributed by atoms with van der Waals surface area (Å²) in [5.41, 5.74) is 4.76. The number of carbonyl (C=O) groups is 5. The third-order valence-electron chi connectivity index (χ3n) is 10.5. The van der Waals surface area contributed by atoms with Crippen molar-refractivity contribution in [1.29, 1.82) is 0 Å². The number of thiophene rings is 1. The standard InChI is InChI=1S/C42H46ClN7O8S/c1-24-25(2)59-42-36(24)38(27-10-12-28(43)13-11-27)46-32(39-48-47-26(3)49(39)42)23-35(53)45-15-17-57-19-21-58-20-18-56-16-14-44-31-8-5-7-30-37(31)41(55)50(40(30)54)33-9-4-6-29(51)22-34(33)52/h5,7-8,10-13,32-33,44H,4,6,9,14-23H2,1-3H3,(H,45,53)/t32-,33-/m0/s1. The summed E-state index contributed by atoms with van der Waals surface area (Å²) in [6, 6.07) is 11.0. The van der Waals surface area contributed by atoms with Gasteiger partial charge in [-0.15, -0.1) is 21.5 Å². The van der Waals surface area contributed by atoms with E-state index in [1.807, 2.05) is 35.8 Å². The number of hydrogen-bond donors (Lipinski definition) is 2. The van der Waals surface area contributed by atoms with Crippen LogP contribution < -0.4 is 10.6 Å². The second-order valence-corrected chi connectivity index (χ2v) is 16.2. The van der Waals surface area contributed by atoms with Crippen LogP contribution in [0.1, 0.15) is 92.1 Å². The van der Waals surface area contributed by atoms with Crippen molar-refractivity contribution in [3.8, 4) is 5.00 Å². The number of anilines is 1. The molecule has 2 atom stereocenters. The second kappa shape index (κ2) is 18.8. The smallest absolute Gasteiger partial charge is 0.264 e. The van der Waals surface area contributed by atoms with E-state index in [9.17, 15) is 24.0 Å². The highest BCUT2D eigenvalue weighted by atomic mass is 35.5. The van der Waals surface area contributed by atoms with Gasteiger partial charge < -0.3 is 24.8 Å². The van der Waals surface area contributed by atoms with Gasteiger partial charge in [-0.25, -0.2) is 0 Å². The lowest BCUT2D eigenvalue weighted by Gasteiger charge is -2.23. The topological polar surface area (TPSA) is 183 Å². The van der Waals surface area contributed by atoms with Crippen LogP contribution in [0.25, 0.3) is 5.00 Å². The van der Waals surface area contributed by atoms with Gasteiger partial charge >= 0.3 is 0 Å². The van der Waals surface area contributed by atoms with E-state index in [0.717, 1.165) is 38.1 Å². The molecule has 1 fully saturated rings. The number of imide groups is 1. The molecule has 59 heavy (non-hydrogen) atoms. The monoisotopic (exact) mass is 843 g/mol. The fraction of sp³-hybridized carbons (Fsp3) is 0.429. The Morgan fingerprint density at radius 2 is 1.59 bits per heavy atom. The number of fused-ring (bicyclic) bond motifs is 4. The van der Waals surface area contributed by atoms with Crippen LogP contribution in [-0.2, 0) is 28.6 Å². The highest BCUT2D eigenvalue weighted by molar-refractivity contribution is 7.15. The van der Waals surface area contributed by atoms with Crippen molar-refractivity contribution in [3.05, 3.63) is 91.8 Å². The molecule has 1 saturated carbocycles. The van der Waals surface area contributed by atoms with E-state index in [1.165, 1.54) is 4.88 Å². The van der Waals surface area contributed by atoms with Crippen molar-refractivity contribution >= 4 is 63.6 Å². The molecular weight excluding hydrogens is 798 g/mol. The van der Waals surface area contributed by atoms with Gasteiger partial charge in [-0.3, -0.25) is 38.4 Å². The van der Waals surface area contributed by atoms with Crippen LogP contribution in [0.15, 0.2) is 47.5 Å². The van der Waals surface area contributed by atoms with Crippen molar-refractivity contribution in [3.63, 3.8) is 0 Å². The molecule has 2 aliphatic heterocycles. The molecule has 2 N–H and O–H groups in total. The highest BCUT2D eigenvalue weighted by Crippen LogP contribution is 2.40. The predicted molar refractivity (Wildman–Crippen MR) is 221 cm³/mol. The number of halogens is 1. The van der Waals surface area contributed by atoms with Gasteiger partial charge in [0.25, 0.3) is 11.8 Å². The van der Waals surface area contributed by atoms with E-state index >= 15 is 0 Å². The minimum Gasteiger partial charge on any atom is -0.382 e. The Morgan fingerprint density at radius 3 is 2.34 bits per heavy atom. The van der Waals surface area contributed by atoms with Crippen LogP contribution >= 0.6 is 22.9 Å². The Kier molecular flexibility index (Phi) is 13.4. The van der Waals surface area contributed by atoms with Crippen LogP contribution in [0.3, 0.4) is 0 Å². The molecule has 2 aromatic heterocycles. The summed E-state index contributed by atoms with van der Waals surface area (Å²) in [4.78, 5) is 71.7. The maximum absolute atomic E-state index is 13.4. The number of Topliss-reactive ketones (excluding diaryl/α,β-unsaturated/α-hetero) is 2. The summed E-state index contributed by atoms with van der Waals surface area (Å²) < 4.78 is 19.0. The lowest BCUT2D eigenvalue weighted by Crippen LogP contribution is -2.44. The molecule has 3 amide bonds. The predicted octanol–water partition coefficient (Wildman–Crippen LogP) is 5.14. The summed E-state index contributed by atoms with van der Waals surface area (Å²) in [5.74, 6) is -0.448. The van der Waals surface area contributed by atoms with Gasteiger partial charge in [-0.05, 0) is 63.4 Å². The lowest BCUT2D eigenvalue weighted by molar-refractivity contribution is -0.128. The molecule has 0 saturated heterocycles. The molecule has 1 aliphatic carbocycles. The largest absolute Gasteiger partial charge is 0.382 e. The zero-order chi connectivity index (χ0) is 41.6. The number of rotatable bonds is 17. The zero-order valence-corrected chi connectivity index (χ0v) is 34.7. The fourth-order valence-electron chi connectivity index (χ4n) is 7.50. The molecule has 17 heteroatoms. The van der Waals surface area contributed by atoms with Crippen LogP contribution in [0.5, 0.6) is 0 Å². The highest BCUT2D eigenvalue weighted by Gasteiger charge is 2.44. The summed E-state index contributed by atoms with van der Waals surface area (Å²) in [7, 11) is 0. The first-order valence-electron chi connectivity index (χ1n) is 19.7. The van der Waals surface area contributed by atoms with E-state index < -0.39 is 29.7 Å². The number of ketones is 2. The SMILES string of the molecule is Cc1sc2c(c1C)C(c1ccc(Cl)cc1)=N[C@@H](CC(=O)NCCOCCOCCOCCNc1cccc3c1C(=O)N([C@H]1CCCC(=O)CC1=O)C3=O)c1nnc(C)n1-2. The zero-order valence-electron chi connectivity index (χ0n) is 33.2. The number of aliphatic imine (C=N–C) groups is 1. The number of nitrogens with one attached hydrogen (secondary N) is 2. The third-order valence-corrected chi connectivity index (χ3v) is 12.0. The first-order chi connectivity index (χ1) is 28.5. The van der Waals surface area contributed by atoms with Crippen molar-refractivity contribution in [1.82, 2.24) is 25.0 Å². The van der Waals surface area contributed by atoms with Crippen molar-refractivity contribution in [2.45, 2.75) is 65.0 Å². The number of aryl methyl sites for hydroxylation is 2. The van der Waals surface area contributed by atoms with Gasteiger partial charge in [0.15, 0.2) is 11.6 Å². The number of nitrogens with zero attached hydrogens (tertiary/aromatic N) is 5. The first kappa shape index (κ1) is 42.0. The summed E-state index contributed by atoms with van der Waals surface area (Å²) >= 11 is 7.87. The molecule has 15 nitrogen and oxygen atoms in total. The molecular formula is C42H46ClN7O8S. The second-order valence-electron chi connectivity index (χ2n) is 14.5. The van der Waals surface area contributed by atoms with E-state index in [1.54, 1.807) is 29.5 Å². The minimum atomic E-state index is -0.926. The number of hydrogen-bond acceptors (Lipinski definition) is 13. The van der Waals surface area contributed by atoms with Crippen LogP contribution in [0.2, 0.25) is 5.02 Å². The van der Waals surface area contributed by atoms with Gasteiger partial charge in [0.1, 0.15) is 22.7 Å². The Morgan fingerprint density at radius 1 is 0.881 bits per heavy atom. The summed E-state index contributed by atoms with van der Waals surface area (Å²) in [6.45, 7) is 8.74. The number of carbonyl (C=O) groups excluding carboxylic acids is 5. The maximum atomic E-state index is 13.4. The summed E-state index contributed by atoms with van der Waals surface area (Å²) in [5, 5.41) is 16.5. The Hall–Kier alpha value is -5.13. The first-order valence-corrected chi connectivity index (χ1v) is 20.9. The quantitative estimate of drug-likeness (QED) is 0.0621.